The molecule has 0 atom stereocenters. The van der Waals surface area contributed by atoms with Crippen LogP contribution >= 0.6 is 0 Å². The minimum Gasteiger partial charge on any atom is -0.457 e. The highest BCUT2D eigenvalue weighted by atomic mass is 16.5. The molecule has 2 aromatic carbocycles. The number of anilines is 2. The second-order valence-corrected chi connectivity index (χ2v) is 7.29. The molecule has 6 nitrogen and oxygen atoms in total. The first-order valence-electron chi connectivity index (χ1n) is 10.0. The number of nitrogens with two attached hydrogens (primary N) is 1. The summed E-state index contributed by atoms with van der Waals surface area (Å²) in [6.07, 6.45) is 3.72. The van der Waals surface area contributed by atoms with Gasteiger partial charge in [-0.2, -0.15) is 0 Å². The van der Waals surface area contributed by atoms with E-state index in [4.69, 9.17) is 15.5 Å². The van der Waals surface area contributed by atoms with Crippen LogP contribution in [0.25, 0.3) is 16.7 Å². The van der Waals surface area contributed by atoms with Gasteiger partial charge in [-0.3, -0.25) is 0 Å². The van der Waals surface area contributed by atoms with E-state index in [-0.39, 0.29) is 0 Å². The quantitative estimate of drug-likeness (QED) is 0.547. The molecule has 0 bridgehead atoms. The van der Waals surface area contributed by atoms with Crippen LogP contribution in [0.2, 0.25) is 0 Å². The van der Waals surface area contributed by atoms with Crippen molar-refractivity contribution < 1.29 is 4.74 Å². The number of fused-ring (bicyclic) bond motifs is 1. The van der Waals surface area contributed by atoms with Crippen molar-refractivity contribution in [1.29, 1.82) is 0 Å². The molecular weight excluding hydrogens is 362 g/mol. The largest absolute Gasteiger partial charge is 0.457 e. The number of aromatic nitrogens is 3. The number of piperidine rings is 1. The highest BCUT2D eigenvalue weighted by Gasteiger charge is 2.16. The Balaban J connectivity index is 1.47. The first kappa shape index (κ1) is 17.6. The smallest absolute Gasteiger partial charge is 0.167 e. The van der Waals surface area contributed by atoms with Gasteiger partial charge in [0.1, 0.15) is 17.3 Å². The predicted octanol–water partition coefficient (Wildman–Crippen LogP) is 4.79. The van der Waals surface area contributed by atoms with E-state index in [2.05, 4.69) is 10.00 Å². The fourth-order valence-corrected chi connectivity index (χ4v) is 3.77. The molecule has 29 heavy (non-hydrogen) atoms. The van der Waals surface area contributed by atoms with Gasteiger partial charge in [-0.15, -0.1) is 5.10 Å². The van der Waals surface area contributed by atoms with E-state index in [0.29, 0.717) is 5.82 Å². The number of hydrogen-bond donors (Lipinski definition) is 1. The van der Waals surface area contributed by atoms with E-state index in [1.54, 1.807) is 0 Å². The Labute approximate surface area is 169 Å². The number of rotatable bonds is 4. The molecule has 0 radical (unpaired) electrons. The number of benzene rings is 2. The zero-order valence-corrected chi connectivity index (χ0v) is 16.2. The Kier molecular flexibility index (Phi) is 4.52. The molecule has 1 aliphatic heterocycles. The summed E-state index contributed by atoms with van der Waals surface area (Å²) in [7, 11) is 0. The molecule has 146 valence electrons. The zero-order valence-electron chi connectivity index (χ0n) is 16.2. The van der Waals surface area contributed by atoms with Gasteiger partial charge in [0, 0.05) is 13.1 Å². The van der Waals surface area contributed by atoms with E-state index >= 15 is 0 Å². The van der Waals surface area contributed by atoms with Crippen LogP contribution in [0.15, 0.2) is 66.7 Å². The number of hydrogen-bond acceptors (Lipinski definition) is 5. The van der Waals surface area contributed by atoms with Gasteiger partial charge < -0.3 is 15.4 Å². The molecule has 0 aliphatic carbocycles. The van der Waals surface area contributed by atoms with Crippen LogP contribution < -0.4 is 15.4 Å². The van der Waals surface area contributed by atoms with Gasteiger partial charge in [0.05, 0.1) is 11.1 Å². The molecule has 4 aromatic rings. The molecule has 2 N–H and O–H groups in total. The summed E-state index contributed by atoms with van der Waals surface area (Å²) in [6, 6.07) is 21.6. The lowest BCUT2D eigenvalue weighted by Crippen LogP contribution is -2.30. The van der Waals surface area contributed by atoms with Crippen LogP contribution in [0.5, 0.6) is 11.5 Å². The Morgan fingerprint density at radius 1 is 0.793 bits per heavy atom. The third-order valence-corrected chi connectivity index (χ3v) is 5.28. The van der Waals surface area contributed by atoms with Crippen molar-refractivity contribution in [2.24, 2.45) is 0 Å². The van der Waals surface area contributed by atoms with Crippen LogP contribution in [-0.4, -0.2) is 27.9 Å². The Morgan fingerprint density at radius 3 is 2.28 bits per heavy atom. The second-order valence-electron chi connectivity index (χ2n) is 7.29. The molecule has 6 heteroatoms. The topological polar surface area (TPSA) is 69.2 Å². The summed E-state index contributed by atoms with van der Waals surface area (Å²) in [5.74, 6) is 3.05. The van der Waals surface area contributed by atoms with Crippen LogP contribution in [0.1, 0.15) is 19.3 Å². The van der Waals surface area contributed by atoms with E-state index in [0.717, 1.165) is 47.1 Å². The SMILES string of the molecule is Nc1nn(-c2ccc(Oc3ccccc3)cc2)c2nc(N3CCCCC3)ccc12. The fourth-order valence-electron chi connectivity index (χ4n) is 3.77. The summed E-state index contributed by atoms with van der Waals surface area (Å²) in [4.78, 5) is 7.24. The summed E-state index contributed by atoms with van der Waals surface area (Å²) in [5, 5.41) is 5.40. The van der Waals surface area contributed by atoms with Gasteiger partial charge in [0.2, 0.25) is 0 Å². The fraction of sp³-hybridized carbons (Fsp3) is 0.217. The number of ether oxygens (including phenoxy) is 1. The lowest BCUT2D eigenvalue weighted by atomic mass is 10.1. The van der Waals surface area contributed by atoms with Gasteiger partial charge in [-0.25, -0.2) is 9.67 Å². The van der Waals surface area contributed by atoms with Crippen molar-refractivity contribution in [3.63, 3.8) is 0 Å². The summed E-state index contributed by atoms with van der Waals surface area (Å²) < 4.78 is 7.69. The van der Waals surface area contributed by atoms with Crippen molar-refractivity contribution >= 4 is 22.7 Å². The Morgan fingerprint density at radius 2 is 1.52 bits per heavy atom. The van der Waals surface area contributed by atoms with Gasteiger partial charge in [0.25, 0.3) is 0 Å². The molecule has 0 spiro atoms. The predicted molar refractivity (Wildman–Crippen MR) is 116 cm³/mol. The molecule has 0 saturated carbocycles. The highest BCUT2D eigenvalue weighted by molar-refractivity contribution is 5.88. The average molecular weight is 385 g/mol. The third kappa shape index (κ3) is 3.49. The van der Waals surface area contributed by atoms with Crippen molar-refractivity contribution in [2.45, 2.75) is 19.3 Å². The van der Waals surface area contributed by atoms with E-state index in [1.807, 2.05) is 71.4 Å². The maximum absolute atomic E-state index is 6.16. The average Bonchev–Trinajstić information content (AvgIpc) is 3.11. The van der Waals surface area contributed by atoms with Crippen LogP contribution in [0.4, 0.5) is 11.6 Å². The Bertz CT molecular complexity index is 1120. The second kappa shape index (κ2) is 7.47. The summed E-state index contributed by atoms with van der Waals surface area (Å²) in [6.45, 7) is 2.10. The molecule has 1 saturated heterocycles. The first-order chi connectivity index (χ1) is 14.3. The summed E-state index contributed by atoms with van der Waals surface area (Å²) >= 11 is 0. The number of nitrogen functional groups attached to an aromatic ring is 1. The van der Waals surface area contributed by atoms with E-state index < -0.39 is 0 Å². The van der Waals surface area contributed by atoms with Gasteiger partial charge in [-0.1, -0.05) is 18.2 Å². The zero-order chi connectivity index (χ0) is 19.6. The van der Waals surface area contributed by atoms with Gasteiger partial charge in [-0.05, 0) is 67.8 Å². The maximum Gasteiger partial charge on any atom is 0.167 e. The van der Waals surface area contributed by atoms with E-state index in [9.17, 15) is 0 Å². The lowest BCUT2D eigenvalue weighted by molar-refractivity contribution is 0.482. The van der Waals surface area contributed by atoms with Gasteiger partial charge in [0.15, 0.2) is 11.5 Å². The van der Waals surface area contributed by atoms with Crippen molar-refractivity contribution in [3.8, 4) is 17.2 Å². The minimum atomic E-state index is 0.488. The maximum atomic E-state index is 6.16. The van der Waals surface area contributed by atoms with Crippen molar-refractivity contribution in [1.82, 2.24) is 14.8 Å². The molecule has 1 fully saturated rings. The van der Waals surface area contributed by atoms with Crippen molar-refractivity contribution in [2.75, 3.05) is 23.7 Å². The van der Waals surface area contributed by atoms with Crippen LogP contribution in [-0.2, 0) is 0 Å². The van der Waals surface area contributed by atoms with Gasteiger partial charge >= 0.3 is 0 Å². The molecular formula is C23H23N5O. The van der Waals surface area contributed by atoms with E-state index in [1.165, 1.54) is 19.3 Å². The lowest BCUT2D eigenvalue weighted by Gasteiger charge is -2.27. The molecule has 5 rings (SSSR count). The van der Waals surface area contributed by atoms with Crippen LogP contribution in [0, 0.1) is 0 Å². The monoisotopic (exact) mass is 385 g/mol. The first-order valence-corrected chi connectivity index (χ1v) is 10.0. The number of nitrogens with zero attached hydrogens (tertiary/aromatic N) is 4. The molecule has 0 unspecified atom stereocenters. The molecule has 0 amide bonds. The molecule has 1 aliphatic rings. The standard InChI is InChI=1S/C23H23N5O/c24-22-20-13-14-21(27-15-5-2-6-16-27)25-23(20)28(26-22)17-9-11-19(12-10-17)29-18-7-3-1-4-8-18/h1,3-4,7-14H,2,5-6,15-16H2,(H2,24,26). The van der Waals surface area contributed by atoms with Crippen molar-refractivity contribution in [3.05, 3.63) is 66.7 Å². The summed E-state index contributed by atoms with van der Waals surface area (Å²) in [5.41, 5.74) is 7.84. The molecule has 3 heterocycles. The van der Waals surface area contributed by atoms with Crippen LogP contribution in [0.3, 0.4) is 0 Å². The highest BCUT2D eigenvalue weighted by Crippen LogP contribution is 2.28. The Hall–Kier alpha value is -3.54. The number of pyridine rings is 1. The third-order valence-electron chi connectivity index (χ3n) is 5.28. The molecule has 2 aromatic heterocycles. The normalized spacial score (nSPS) is 14.3. The number of para-hydroxylation sites is 1. The minimum absolute atomic E-state index is 0.488.